The van der Waals surface area contributed by atoms with Crippen LogP contribution in [0.5, 0.6) is 0 Å². The largest absolute Gasteiger partial charge is 0.383 e. The highest BCUT2D eigenvalue weighted by Crippen LogP contribution is 2.11. The lowest BCUT2D eigenvalue weighted by atomic mass is 9.93. The van der Waals surface area contributed by atoms with Crippen molar-refractivity contribution in [1.29, 1.82) is 0 Å². The molecule has 72 valence electrons. The van der Waals surface area contributed by atoms with E-state index in [4.69, 9.17) is 10.5 Å². The summed E-state index contributed by atoms with van der Waals surface area (Å²) in [7, 11) is 1.64. The van der Waals surface area contributed by atoms with Gasteiger partial charge < -0.3 is 15.8 Å². The summed E-state index contributed by atoms with van der Waals surface area (Å²) in [6.45, 7) is 5.61. The topological polar surface area (TPSA) is 64.3 Å². The van der Waals surface area contributed by atoms with Crippen LogP contribution in [0.4, 0.5) is 0 Å². The quantitative estimate of drug-likeness (QED) is 0.545. The number of hydrogen-bond donors (Lipinski definition) is 2. The summed E-state index contributed by atoms with van der Waals surface area (Å²) >= 11 is 0. The van der Waals surface area contributed by atoms with Crippen molar-refractivity contribution in [2.24, 2.45) is 11.1 Å². The number of carbonyl (C=O) groups is 1. The summed E-state index contributed by atoms with van der Waals surface area (Å²) in [4.78, 5) is 10.8. The first kappa shape index (κ1) is 11.4. The van der Waals surface area contributed by atoms with Crippen molar-refractivity contribution in [2.75, 3.05) is 26.8 Å². The monoisotopic (exact) mass is 174 g/mol. The zero-order valence-corrected chi connectivity index (χ0v) is 8.02. The Hall–Kier alpha value is -0.610. The van der Waals surface area contributed by atoms with Crippen molar-refractivity contribution in [3.8, 4) is 0 Å². The van der Waals surface area contributed by atoms with E-state index in [1.54, 1.807) is 7.11 Å². The molecule has 0 aliphatic carbocycles. The van der Waals surface area contributed by atoms with Gasteiger partial charge >= 0.3 is 0 Å². The highest BCUT2D eigenvalue weighted by Gasteiger charge is 2.23. The van der Waals surface area contributed by atoms with E-state index in [0.29, 0.717) is 13.2 Å². The SMILES string of the molecule is COCCNCC(C)(C)C(N)=O. The van der Waals surface area contributed by atoms with Crippen LogP contribution in [0.25, 0.3) is 0 Å². The minimum atomic E-state index is -0.478. The molecule has 0 aliphatic rings. The molecule has 0 atom stereocenters. The van der Waals surface area contributed by atoms with Crippen LogP contribution in [0.2, 0.25) is 0 Å². The Balaban J connectivity index is 3.54. The van der Waals surface area contributed by atoms with Crippen LogP contribution in [-0.2, 0) is 9.53 Å². The predicted molar refractivity (Wildman–Crippen MR) is 47.7 cm³/mol. The number of carbonyl (C=O) groups excluding carboxylic acids is 1. The van der Waals surface area contributed by atoms with Gasteiger partial charge in [0.05, 0.1) is 12.0 Å². The van der Waals surface area contributed by atoms with E-state index < -0.39 is 5.41 Å². The molecule has 0 bridgehead atoms. The van der Waals surface area contributed by atoms with Crippen LogP contribution in [0.1, 0.15) is 13.8 Å². The molecule has 4 nitrogen and oxygen atoms in total. The Morgan fingerprint density at radius 1 is 1.58 bits per heavy atom. The first-order valence-corrected chi connectivity index (χ1v) is 4.00. The van der Waals surface area contributed by atoms with Crippen LogP contribution >= 0.6 is 0 Å². The first-order valence-electron chi connectivity index (χ1n) is 4.00. The average molecular weight is 174 g/mol. The van der Waals surface area contributed by atoms with Crippen LogP contribution in [-0.4, -0.2) is 32.7 Å². The molecule has 0 saturated carbocycles. The molecule has 12 heavy (non-hydrogen) atoms. The van der Waals surface area contributed by atoms with Gasteiger partial charge in [0.2, 0.25) is 5.91 Å². The Bertz CT molecular complexity index is 146. The Kier molecular flexibility index (Phi) is 4.85. The average Bonchev–Trinajstić information content (AvgIpc) is 1.98. The maximum Gasteiger partial charge on any atom is 0.224 e. The molecular weight excluding hydrogens is 156 g/mol. The summed E-state index contributed by atoms with van der Waals surface area (Å²) in [5, 5.41) is 3.08. The molecule has 4 heteroatoms. The van der Waals surface area contributed by atoms with E-state index in [9.17, 15) is 4.79 Å². The lowest BCUT2D eigenvalue weighted by molar-refractivity contribution is -0.125. The molecule has 0 radical (unpaired) electrons. The molecule has 1 amide bonds. The second-order valence-electron chi connectivity index (χ2n) is 3.42. The second kappa shape index (κ2) is 5.11. The van der Waals surface area contributed by atoms with Crippen molar-refractivity contribution in [3.63, 3.8) is 0 Å². The molecule has 0 heterocycles. The standard InChI is InChI=1S/C8H18N2O2/c1-8(2,7(9)11)6-10-4-5-12-3/h10H,4-6H2,1-3H3,(H2,9,11). The minimum Gasteiger partial charge on any atom is -0.383 e. The number of primary amides is 1. The Labute approximate surface area is 73.5 Å². The minimum absolute atomic E-state index is 0.285. The van der Waals surface area contributed by atoms with Crippen molar-refractivity contribution in [2.45, 2.75) is 13.8 Å². The summed E-state index contributed by atoms with van der Waals surface area (Å²) < 4.78 is 4.84. The second-order valence-corrected chi connectivity index (χ2v) is 3.42. The molecule has 0 unspecified atom stereocenters. The van der Waals surface area contributed by atoms with Crippen molar-refractivity contribution < 1.29 is 9.53 Å². The summed E-state index contributed by atoms with van der Waals surface area (Å²) in [5.74, 6) is -0.285. The predicted octanol–water partition coefficient (Wildman–Crippen LogP) is -0.266. The Morgan fingerprint density at radius 3 is 2.58 bits per heavy atom. The van der Waals surface area contributed by atoms with Crippen molar-refractivity contribution >= 4 is 5.91 Å². The Morgan fingerprint density at radius 2 is 2.17 bits per heavy atom. The van der Waals surface area contributed by atoms with Gasteiger partial charge in [0.25, 0.3) is 0 Å². The van der Waals surface area contributed by atoms with Gasteiger partial charge in [-0.1, -0.05) is 0 Å². The van der Waals surface area contributed by atoms with Gasteiger partial charge in [0.15, 0.2) is 0 Å². The zero-order valence-electron chi connectivity index (χ0n) is 8.02. The van der Waals surface area contributed by atoms with E-state index >= 15 is 0 Å². The van der Waals surface area contributed by atoms with Crippen LogP contribution in [0, 0.1) is 5.41 Å². The maximum absolute atomic E-state index is 10.8. The lowest BCUT2D eigenvalue weighted by Gasteiger charge is -2.20. The third kappa shape index (κ3) is 4.31. The number of ether oxygens (including phenoxy) is 1. The number of hydrogen-bond acceptors (Lipinski definition) is 3. The van der Waals surface area contributed by atoms with E-state index in [1.165, 1.54) is 0 Å². The number of nitrogens with two attached hydrogens (primary N) is 1. The molecule has 0 rings (SSSR count). The number of nitrogens with one attached hydrogen (secondary N) is 1. The lowest BCUT2D eigenvalue weighted by Crippen LogP contribution is -2.41. The first-order chi connectivity index (χ1) is 5.50. The van der Waals surface area contributed by atoms with E-state index in [-0.39, 0.29) is 5.91 Å². The summed E-state index contributed by atoms with van der Waals surface area (Å²) in [6, 6.07) is 0. The third-order valence-electron chi connectivity index (χ3n) is 1.72. The van der Waals surface area contributed by atoms with Gasteiger partial charge in [0, 0.05) is 20.2 Å². The number of methoxy groups -OCH3 is 1. The van der Waals surface area contributed by atoms with Gasteiger partial charge in [-0.05, 0) is 13.8 Å². The molecule has 0 aromatic rings. The normalized spacial score (nSPS) is 11.6. The molecule has 0 saturated heterocycles. The molecule has 0 aromatic carbocycles. The van der Waals surface area contributed by atoms with Crippen LogP contribution in [0.3, 0.4) is 0 Å². The van der Waals surface area contributed by atoms with E-state index in [2.05, 4.69) is 5.32 Å². The van der Waals surface area contributed by atoms with Crippen molar-refractivity contribution in [3.05, 3.63) is 0 Å². The summed E-state index contributed by atoms with van der Waals surface area (Å²) in [6.07, 6.45) is 0. The zero-order chi connectivity index (χ0) is 9.61. The van der Waals surface area contributed by atoms with Crippen LogP contribution < -0.4 is 11.1 Å². The van der Waals surface area contributed by atoms with Crippen LogP contribution in [0.15, 0.2) is 0 Å². The fourth-order valence-corrected chi connectivity index (χ4v) is 0.662. The van der Waals surface area contributed by atoms with Gasteiger partial charge in [-0.25, -0.2) is 0 Å². The molecular formula is C8H18N2O2. The molecule has 0 aliphatic heterocycles. The number of amides is 1. The fourth-order valence-electron chi connectivity index (χ4n) is 0.662. The highest BCUT2D eigenvalue weighted by molar-refractivity contribution is 5.80. The van der Waals surface area contributed by atoms with Gasteiger partial charge in [-0.3, -0.25) is 4.79 Å². The third-order valence-corrected chi connectivity index (χ3v) is 1.72. The van der Waals surface area contributed by atoms with Gasteiger partial charge in [0.1, 0.15) is 0 Å². The van der Waals surface area contributed by atoms with E-state index in [1.807, 2.05) is 13.8 Å². The van der Waals surface area contributed by atoms with Gasteiger partial charge in [-0.2, -0.15) is 0 Å². The highest BCUT2D eigenvalue weighted by atomic mass is 16.5. The van der Waals surface area contributed by atoms with E-state index in [0.717, 1.165) is 6.54 Å². The molecule has 0 fully saturated rings. The molecule has 0 spiro atoms. The fraction of sp³-hybridized carbons (Fsp3) is 0.875. The van der Waals surface area contributed by atoms with Gasteiger partial charge in [-0.15, -0.1) is 0 Å². The number of rotatable bonds is 6. The maximum atomic E-state index is 10.8. The molecule has 3 N–H and O–H groups in total. The smallest absolute Gasteiger partial charge is 0.224 e. The molecule has 0 aromatic heterocycles. The summed E-state index contributed by atoms with van der Waals surface area (Å²) in [5.41, 5.74) is 4.70. The van der Waals surface area contributed by atoms with Crippen molar-refractivity contribution in [1.82, 2.24) is 5.32 Å².